The van der Waals surface area contributed by atoms with Crippen molar-refractivity contribution >= 4 is 5.65 Å². The topological polar surface area (TPSA) is 56.2 Å². The van der Waals surface area contributed by atoms with Crippen LogP contribution in [0.3, 0.4) is 0 Å². The zero-order valence-corrected chi connectivity index (χ0v) is 8.56. The van der Waals surface area contributed by atoms with Gasteiger partial charge >= 0.3 is 0 Å². The molecule has 1 aliphatic carbocycles. The van der Waals surface area contributed by atoms with Crippen LogP contribution in [-0.2, 0) is 6.42 Å². The van der Waals surface area contributed by atoms with E-state index in [1.54, 1.807) is 6.20 Å². The van der Waals surface area contributed by atoms with Crippen molar-refractivity contribution in [1.82, 2.24) is 14.6 Å². The van der Waals surface area contributed by atoms with E-state index in [9.17, 15) is 0 Å². The lowest BCUT2D eigenvalue weighted by molar-refractivity contribution is 0.606. The maximum atomic E-state index is 6.04. The Bertz CT molecular complexity index is 484. The first-order chi connectivity index (χ1) is 7.25. The summed E-state index contributed by atoms with van der Waals surface area (Å²) in [4.78, 5) is 4.32. The monoisotopic (exact) mass is 202 g/mol. The predicted molar refractivity (Wildman–Crippen MR) is 57.5 cm³/mol. The lowest BCUT2D eigenvalue weighted by Gasteiger charge is -2.07. The number of aryl methyl sites for hydroxylation is 1. The van der Waals surface area contributed by atoms with E-state index in [0.29, 0.717) is 0 Å². The molecular formula is C11H14N4. The van der Waals surface area contributed by atoms with Crippen molar-refractivity contribution in [3.63, 3.8) is 0 Å². The summed E-state index contributed by atoms with van der Waals surface area (Å²) in [6.45, 7) is 0. The first-order valence-corrected chi connectivity index (χ1v) is 5.32. The van der Waals surface area contributed by atoms with Gasteiger partial charge in [-0.05, 0) is 31.2 Å². The van der Waals surface area contributed by atoms with E-state index in [1.165, 1.54) is 18.4 Å². The highest BCUT2D eigenvalue weighted by Crippen LogP contribution is 2.36. The number of rotatable bonds is 3. The third-order valence-electron chi connectivity index (χ3n) is 3.10. The van der Waals surface area contributed by atoms with Gasteiger partial charge in [-0.2, -0.15) is 5.10 Å². The van der Waals surface area contributed by atoms with Crippen LogP contribution < -0.4 is 5.73 Å². The Kier molecular flexibility index (Phi) is 1.79. The molecule has 2 aromatic rings. The highest BCUT2D eigenvalue weighted by molar-refractivity contribution is 5.35. The molecule has 2 heterocycles. The maximum absolute atomic E-state index is 6.04. The van der Waals surface area contributed by atoms with Crippen molar-refractivity contribution in [2.45, 2.75) is 31.2 Å². The minimum absolute atomic E-state index is 0.124. The molecule has 0 atom stereocenters. The second-order valence-corrected chi connectivity index (χ2v) is 4.46. The Balaban J connectivity index is 1.78. The number of fused-ring (bicyclic) bond motifs is 1. The van der Waals surface area contributed by atoms with Gasteiger partial charge in [-0.1, -0.05) is 0 Å². The second kappa shape index (κ2) is 3.03. The maximum Gasteiger partial charge on any atom is 0.154 e. The SMILES string of the molecule is NC1(CCc2cnc3ccnn3c2)CC1. The lowest BCUT2D eigenvalue weighted by Crippen LogP contribution is -2.22. The first kappa shape index (κ1) is 8.85. The third kappa shape index (κ3) is 1.72. The number of aromatic nitrogens is 3. The summed E-state index contributed by atoms with van der Waals surface area (Å²) < 4.78 is 1.81. The number of hydrogen-bond donors (Lipinski definition) is 1. The fraction of sp³-hybridized carbons (Fsp3) is 0.455. The van der Waals surface area contributed by atoms with Crippen LogP contribution in [0.15, 0.2) is 24.7 Å². The third-order valence-corrected chi connectivity index (χ3v) is 3.10. The Hall–Kier alpha value is -1.42. The minimum atomic E-state index is 0.124. The predicted octanol–water partition coefficient (Wildman–Crippen LogP) is 1.15. The number of nitrogens with two attached hydrogens (primary N) is 1. The van der Waals surface area contributed by atoms with Crippen molar-refractivity contribution in [2.24, 2.45) is 5.73 Å². The van der Waals surface area contributed by atoms with Gasteiger partial charge in [-0.25, -0.2) is 9.50 Å². The molecule has 0 unspecified atom stereocenters. The summed E-state index contributed by atoms with van der Waals surface area (Å²) in [5.41, 5.74) is 8.28. The van der Waals surface area contributed by atoms with Crippen LogP contribution in [0, 0.1) is 0 Å². The van der Waals surface area contributed by atoms with Gasteiger partial charge < -0.3 is 5.73 Å². The van der Waals surface area contributed by atoms with Gasteiger partial charge in [-0.15, -0.1) is 0 Å². The average Bonchev–Trinajstić information content (AvgIpc) is 2.80. The van der Waals surface area contributed by atoms with Crippen LogP contribution in [0.5, 0.6) is 0 Å². The highest BCUT2D eigenvalue weighted by atomic mass is 15.2. The van der Waals surface area contributed by atoms with Gasteiger partial charge in [0, 0.05) is 24.0 Å². The lowest BCUT2D eigenvalue weighted by atomic mass is 10.1. The van der Waals surface area contributed by atoms with Crippen LogP contribution in [0.1, 0.15) is 24.8 Å². The number of nitrogens with zero attached hydrogens (tertiary/aromatic N) is 3. The standard InChI is InChI=1S/C11H14N4/c12-11(4-5-11)3-1-9-7-13-10-2-6-14-15(10)8-9/h2,6-8H,1,3-5,12H2. The summed E-state index contributed by atoms with van der Waals surface area (Å²) in [5, 5.41) is 4.16. The molecule has 1 aliphatic rings. The minimum Gasteiger partial charge on any atom is -0.325 e. The van der Waals surface area contributed by atoms with Gasteiger partial charge in [0.05, 0.1) is 6.20 Å². The molecule has 78 valence electrons. The molecule has 0 amide bonds. The molecule has 0 aliphatic heterocycles. The van der Waals surface area contributed by atoms with Crippen LogP contribution in [0.25, 0.3) is 5.65 Å². The molecule has 4 heteroatoms. The van der Waals surface area contributed by atoms with E-state index in [2.05, 4.69) is 10.1 Å². The van der Waals surface area contributed by atoms with Gasteiger partial charge in [0.15, 0.2) is 5.65 Å². The molecule has 0 saturated heterocycles. The summed E-state index contributed by atoms with van der Waals surface area (Å²) in [7, 11) is 0. The summed E-state index contributed by atoms with van der Waals surface area (Å²) in [6, 6.07) is 1.90. The largest absolute Gasteiger partial charge is 0.325 e. The van der Waals surface area contributed by atoms with Gasteiger partial charge in [0.25, 0.3) is 0 Å². The summed E-state index contributed by atoms with van der Waals surface area (Å²) in [5.74, 6) is 0. The Morgan fingerprint density at radius 3 is 3.13 bits per heavy atom. The average molecular weight is 202 g/mol. The molecule has 15 heavy (non-hydrogen) atoms. The zero-order valence-electron chi connectivity index (χ0n) is 8.56. The molecule has 1 saturated carbocycles. The van der Waals surface area contributed by atoms with Crippen LogP contribution in [0.2, 0.25) is 0 Å². The highest BCUT2D eigenvalue weighted by Gasteiger charge is 2.37. The Morgan fingerprint density at radius 2 is 2.33 bits per heavy atom. The second-order valence-electron chi connectivity index (χ2n) is 4.46. The van der Waals surface area contributed by atoms with Crippen molar-refractivity contribution < 1.29 is 0 Å². The molecule has 0 bridgehead atoms. The van der Waals surface area contributed by atoms with Crippen molar-refractivity contribution in [3.05, 3.63) is 30.2 Å². The van der Waals surface area contributed by atoms with E-state index in [1.807, 2.05) is 23.0 Å². The van der Waals surface area contributed by atoms with Crippen LogP contribution >= 0.6 is 0 Å². The van der Waals surface area contributed by atoms with Crippen molar-refractivity contribution in [3.8, 4) is 0 Å². The smallest absolute Gasteiger partial charge is 0.154 e. The summed E-state index contributed by atoms with van der Waals surface area (Å²) in [6.07, 6.45) is 10.1. The van der Waals surface area contributed by atoms with E-state index in [4.69, 9.17) is 5.73 Å². The summed E-state index contributed by atoms with van der Waals surface area (Å²) >= 11 is 0. The number of hydrogen-bond acceptors (Lipinski definition) is 3. The van der Waals surface area contributed by atoms with Gasteiger partial charge in [0.1, 0.15) is 0 Å². The molecule has 3 rings (SSSR count). The molecule has 0 spiro atoms. The van der Waals surface area contributed by atoms with E-state index < -0.39 is 0 Å². The molecule has 2 N–H and O–H groups in total. The quantitative estimate of drug-likeness (QED) is 0.812. The van der Waals surface area contributed by atoms with Crippen LogP contribution in [0.4, 0.5) is 0 Å². The van der Waals surface area contributed by atoms with Crippen LogP contribution in [-0.4, -0.2) is 20.1 Å². The normalized spacial score (nSPS) is 18.2. The fourth-order valence-corrected chi connectivity index (χ4v) is 1.78. The van der Waals surface area contributed by atoms with Gasteiger partial charge in [0.2, 0.25) is 0 Å². The first-order valence-electron chi connectivity index (χ1n) is 5.32. The molecule has 0 radical (unpaired) electrons. The fourth-order valence-electron chi connectivity index (χ4n) is 1.78. The van der Waals surface area contributed by atoms with E-state index in [0.717, 1.165) is 18.5 Å². The van der Waals surface area contributed by atoms with E-state index >= 15 is 0 Å². The Labute approximate surface area is 88.1 Å². The van der Waals surface area contributed by atoms with E-state index in [-0.39, 0.29) is 5.54 Å². The zero-order chi connectivity index (χ0) is 10.3. The Morgan fingerprint density at radius 1 is 1.47 bits per heavy atom. The van der Waals surface area contributed by atoms with Gasteiger partial charge in [-0.3, -0.25) is 0 Å². The molecule has 0 aromatic carbocycles. The van der Waals surface area contributed by atoms with Crippen molar-refractivity contribution in [1.29, 1.82) is 0 Å². The molecule has 4 nitrogen and oxygen atoms in total. The van der Waals surface area contributed by atoms with Crippen molar-refractivity contribution in [2.75, 3.05) is 0 Å². The molecule has 1 fully saturated rings. The molecule has 2 aromatic heterocycles. The molecular weight excluding hydrogens is 188 g/mol.